The van der Waals surface area contributed by atoms with Gasteiger partial charge in [-0.15, -0.1) is 0 Å². The van der Waals surface area contributed by atoms with Crippen molar-refractivity contribution in [2.45, 2.75) is 25.5 Å². The van der Waals surface area contributed by atoms with Crippen LogP contribution in [0.15, 0.2) is 18.2 Å². The van der Waals surface area contributed by atoms with E-state index in [9.17, 15) is 19.8 Å². The van der Waals surface area contributed by atoms with E-state index in [1.807, 2.05) is 0 Å². The van der Waals surface area contributed by atoms with Crippen molar-refractivity contribution in [1.82, 2.24) is 4.90 Å². The number of hydrogen-bond donors (Lipinski definition) is 3. The van der Waals surface area contributed by atoms with E-state index in [1.165, 1.54) is 12.1 Å². The Bertz CT molecular complexity index is 528. The Hall–Kier alpha value is -2.08. The minimum atomic E-state index is -1.14. The molecule has 1 aliphatic heterocycles. The van der Waals surface area contributed by atoms with Gasteiger partial charge in [0.25, 0.3) is 5.91 Å². The van der Waals surface area contributed by atoms with Crippen LogP contribution in [-0.2, 0) is 4.79 Å². The first-order valence-corrected chi connectivity index (χ1v) is 5.91. The number of hydrogen-bond acceptors (Lipinski definition) is 4. The highest BCUT2D eigenvalue weighted by molar-refractivity contribution is 5.97. The molecule has 2 atom stereocenters. The van der Waals surface area contributed by atoms with Gasteiger partial charge in [0.1, 0.15) is 11.8 Å². The average Bonchev–Trinajstić information content (AvgIpc) is 2.74. The van der Waals surface area contributed by atoms with Gasteiger partial charge in [0.05, 0.1) is 6.10 Å². The summed E-state index contributed by atoms with van der Waals surface area (Å²) < 4.78 is 0. The molecule has 1 heterocycles. The van der Waals surface area contributed by atoms with E-state index in [1.54, 1.807) is 13.0 Å². The quantitative estimate of drug-likeness (QED) is 0.717. The third kappa shape index (κ3) is 2.53. The van der Waals surface area contributed by atoms with Crippen LogP contribution in [0.5, 0.6) is 5.75 Å². The number of aryl methyl sites for hydroxylation is 1. The summed E-state index contributed by atoms with van der Waals surface area (Å²) >= 11 is 0. The van der Waals surface area contributed by atoms with Crippen LogP contribution in [0, 0.1) is 6.92 Å². The van der Waals surface area contributed by atoms with Crippen LogP contribution in [-0.4, -0.2) is 50.8 Å². The minimum absolute atomic E-state index is 0.00949. The summed E-state index contributed by atoms with van der Waals surface area (Å²) in [7, 11) is 0. The fraction of sp³-hybridized carbons (Fsp3) is 0.385. The second kappa shape index (κ2) is 4.89. The number of phenols is 1. The summed E-state index contributed by atoms with van der Waals surface area (Å²) in [5.74, 6) is -1.65. The highest BCUT2D eigenvalue weighted by atomic mass is 16.4. The molecule has 1 saturated heterocycles. The average molecular weight is 265 g/mol. The van der Waals surface area contributed by atoms with Crippen LogP contribution in [0.25, 0.3) is 0 Å². The lowest BCUT2D eigenvalue weighted by Gasteiger charge is -2.21. The molecule has 0 saturated carbocycles. The molecular formula is C13H15NO5. The van der Waals surface area contributed by atoms with Crippen molar-refractivity contribution >= 4 is 11.9 Å². The van der Waals surface area contributed by atoms with Gasteiger partial charge in [-0.25, -0.2) is 4.79 Å². The molecule has 0 unspecified atom stereocenters. The molecule has 2 rings (SSSR count). The van der Waals surface area contributed by atoms with E-state index in [0.29, 0.717) is 5.56 Å². The number of likely N-dealkylation sites (tertiary alicyclic amines) is 1. The summed E-state index contributed by atoms with van der Waals surface area (Å²) in [6, 6.07) is 3.40. The van der Waals surface area contributed by atoms with E-state index < -0.39 is 24.0 Å². The highest BCUT2D eigenvalue weighted by Crippen LogP contribution is 2.23. The van der Waals surface area contributed by atoms with Crippen molar-refractivity contribution < 1.29 is 24.9 Å². The van der Waals surface area contributed by atoms with Crippen LogP contribution < -0.4 is 0 Å². The number of aliphatic carboxylic acids is 1. The Balaban J connectivity index is 2.27. The third-order valence-corrected chi connectivity index (χ3v) is 3.28. The SMILES string of the molecule is Cc1ccc(C(=O)N2C[C@H](O)C[C@@H]2C(=O)O)cc1O. The van der Waals surface area contributed by atoms with E-state index >= 15 is 0 Å². The van der Waals surface area contributed by atoms with E-state index in [0.717, 1.165) is 4.90 Å². The normalized spacial score (nSPS) is 22.5. The Morgan fingerprint density at radius 2 is 2.05 bits per heavy atom. The van der Waals surface area contributed by atoms with Gasteiger partial charge in [0.15, 0.2) is 0 Å². The number of carboxylic acids is 1. The lowest BCUT2D eigenvalue weighted by Crippen LogP contribution is -2.40. The smallest absolute Gasteiger partial charge is 0.326 e. The monoisotopic (exact) mass is 265 g/mol. The number of carbonyl (C=O) groups is 2. The molecule has 0 bridgehead atoms. The van der Waals surface area contributed by atoms with Crippen LogP contribution in [0.1, 0.15) is 22.3 Å². The van der Waals surface area contributed by atoms with Crippen molar-refractivity contribution in [2.24, 2.45) is 0 Å². The standard InChI is InChI=1S/C13H15NO5/c1-7-2-3-8(4-11(7)16)12(17)14-6-9(15)5-10(14)13(18)19/h2-4,9-10,15-16H,5-6H2,1H3,(H,18,19)/t9-,10-/m1/s1. The molecule has 0 aromatic heterocycles. The summed E-state index contributed by atoms with van der Waals surface area (Å²) in [5.41, 5.74) is 0.844. The van der Waals surface area contributed by atoms with E-state index in [2.05, 4.69) is 0 Å². The minimum Gasteiger partial charge on any atom is -0.508 e. The first kappa shape index (κ1) is 13.4. The molecular weight excluding hydrogens is 250 g/mol. The van der Waals surface area contributed by atoms with Crippen LogP contribution in [0.3, 0.4) is 0 Å². The first-order valence-electron chi connectivity index (χ1n) is 5.91. The lowest BCUT2D eigenvalue weighted by atomic mass is 10.1. The Kier molecular flexibility index (Phi) is 3.44. The summed E-state index contributed by atoms with van der Waals surface area (Å²) in [4.78, 5) is 24.4. The van der Waals surface area contributed by atoms with Gasteiger partial charge in [-0.3, -0.25) is 4.79 Å². The van der Waals surface area contributed by atoms with E-state index in [-0.39, 0.29) is 24.3 Å². The number of amides is 1. The number of aliphatic hydroxyl groups excluding tert-OH is 1. The maximum Gasteiger partial charge on any atom is 0.326 e. The van der Waals surface area contributed by atoms with Gasteiger partial charge in [0.2, 0.25) is 0 Å². The van der Waals surface area contributed by atoms with Gasteiger partial charge < -0.3 is 20.2 Å². The second-order valence-electron chi connectivity index (χ2n) is 4.70. The molecule has 1 fully saturated rings. The molecule has 0 aliphatic carbocycles. The predicted octanol–water partition coefficient (Wildman–Crippen LogP) is 0.361. The molecule has 0 spiro atoms. The maximum absolute atomic E-state index is 12.2. The number of benzene rings is 1. The van der Waals surface area contributed by atoms with Crippen LogP contribution in [0.2, 0.25) is 0 Å². The largest absolute Gasteiger partial charge is 0.508 e. The number of β-amino-alcohol motifs (C(OH)–C–C–N with tert-alkyl or cyclic N) is 1. The number of aromatic hydroxyl groups is 1. The number of aliphatic hydroxyl groups is 1. The Morgan fingerprint density at radius 3 is 2.63 bits per heavy atom. The van der Waals surface area contributed by atoms with Crippen molar-refractivity contribution in [3.63, 3.8) is 0 Å². The summed E-state index contributed by atoms with van der Waals surface area (Å²) in [5, 5.41) is 28.1. The van der Waals surface area contributed by atoms with Gasteiger partial charge in [-0.05, 0) is 24.6 Å². The van der Waals surface area contributed by atoms with E-state index in [4.69, 9.17) is 5.11 Å². The molecule has 6 nitrogen and oxygen atoms in total. The van der Waals surface area contributed by atoms with Crippen LogP contribution in [0.4, 0.5) is 0 Å². The lowest BCUT2D eigenvalue weighted by molar-refractivity contribution is -0.141. The number of nitrogens with zero attached hydrogens (tertiary/aromatic N) is 1. The van der Waals surface area contributed by atoms with Crippen molar-refractivity contribution in [3.05, 3.63) is 29.3 Å². The van der Waals surface area contributed by atoms with Crippen molar-refractivity contribution in [2.75, 3.05) is 6.54 Å². The predicted molar refractivity (Wildman–Crippen MR) is 65.9 cm³/mol. The van der Waals surface area contributed by atoms with Crippen molar-refractivity contribution in [1.29, 1.82) is 0 Å². The zero-order chi connectivity index (χ0) is 14.2. The molecule has 1 aromatic rings. The molecule has 3 N–H and O–H groups in total. The zero-order valence-electron chi connectivity index (χ0n) is 10.4. The number of phenolic OH excluding ortho intramolecular Hbond substituents is 1. The second-order valence-corrected chi connectivity index (χ2v) is 4.70. The molecule has 6 heteroatoms. The fourth-order valence-electron chi connectivity index (χ4n) is 2.18. The third-order valence-electron chi connectivity index (χ3n) is 3.28. The number of carbonyl (C=O) groups excluding carboxylic acids is 1. The van der Waals surface area contributed by atoms with Gasteiger partial charge in [0, 0.05) is 18.5 Å². The van der Waals surface area contributed by atoms with Crippen LogP contribution >= 0.6 is 0 Å². The summed E-state index contributed by atoms with van der Waals surface area (Å²) in [6.07, 6.45) is -0.803. The molecule has 19 heavy (non-hydrogen) atoms. The Morgan fingerprint density at radius 1 is 1.37 bits per heavy atom. The summed E-state index contributed by atoms with van der Waals surface area (Å²) in [6.45, 7) is 1.69. The molecule has 1 aromatic carbocycles. The molecule has 0 radical (unpaired) electrons. The maximum atomic E-state index is 12.2. The zero-order valence-corrected chi connectivity index (χ0v) is 10.4. The molecule has 1 amide bonds. The van der Waals surface area contributed by atoms with Gasteiger partial charge in [-0.1, -0.05) is 6.07 Å². The highest BCUT2D eigenvalue weighted by Gasteiger charge is 2.39. The van der Waals surface area contributed by atoms with Gasteiger partial charge in [-0.2, -0.15) is 0 Å². The number of rotatable bonds is 2. The topological polar surface area (TPSA) is 98.1 Å². The first-order chi connectivity index (χ1) is 8.90. The number of carboxylic acid groups (broad SMARTS) is 1. The molecule has 102 valence electrons. The van der Waals surface area contributed by atoms with Crippen molar-refractivity contribution in [3.8, 4) is 5.75 Å². The molecule has 1 aliphatic rings. The fourth-order valence-corrected chi connectivity index (χ4v) is 2.18. The Labute approximate surface area is 109 Å². The van der Waals surface area contributed by atoms with Gasteiger partial charge >= 0.3 is 5.97 Å².